The molecule has 0 aliphatic rings. The van der Waals surface area contributed by atoms with Gasteiger partial charge in [0.1, 0.15) is 0 Å². The Hall–Kier alpha value is -2.62. The second-order valence-electron chi connectivity index (χ2n) is 6.07. The van der Waals surface area contributed by atoms with E-state index in [4.69, 9.17) is 21.6 Å². The van der Waals surface area contributed by atoms with Crippen LogP contribution in [0.2, 0.25) is 5.02 Å². The van der Waals surface area contributed by atoms with Gasteiger partial charge in [0.2, 0.25) is 0 Å². The third kappa shape index (κ3) is 4.57. The first-order chi connectivity index (χ1) is 13.3. The maximum absolute atomic E-state index is 5.97. The highest BCUT2D eigenvalue weighted by Crippen LogP contribution is 2.28. The van der Waals surface area contributed by atoms with Gasteiger partial charge < -0.3 is 0 Å². The largest absolute Gasteiger partial charge is 0.222 e. The van der Waals surface area contributed by atoms with Crippen LogP contribution in [0.4, 0.5) is 0 Å². The molecule has 0 saturated carbocycles. The molecule has 0 unspecified atom stereocenters. The van der Waals surface area contributed by atoms with Gasteiger partial charge in [-0.1, -0.05) is 96.2 Å². The van der Waals surface area contributed by atoms with Crippen molar-refractivity contribution in [3.8, 4) is 22.5 Å². The van der Waals surface area contributed by atoms with Crippen LogP contribution < -0.4 is 0 Å². The van der Waals surface area contributed by atoms with E-state index >= 15 is 0 Å². The molecule has 2 nitrogen and oxygen atoms in total. The standard InChI is InChI=1S/C23H17ClN2S/c24-20-13-11-17(12-14-20)16-27-23-25-21(18-7-3-1-4-8-18)15-22(26-23)19-9-5-2-6-10-19/h1-15H,16H2. The molecule has 0 bridgehead atoms. The molecule has 1 heterocycles. The van der Waals surface area contributed by atoms with Gasteiger partial charge in [0.15, 0.2) is 5.16 Å². The number of halogens is 1. The van der Waals surface area contributed by atoms with Gasteiger partial charge in [-0.3, -0.25) is 0 Å². The fraction of sp³-hybridized carbons (Fsp3) is 0.0435. The maximum Gasteiger partial charge on any atom is 0.189 e. The van der Waals surface area contributed by atoms with Crippen molar-refractivity contribution >= 4 is 23.4 Å². The Morgan fingerprint density at radius 2 is 1.19 bits per heavy atom. The van der Waals surface area contributed by atoms with Crippen LogP contribution in [0.5, 0.6) is 0 Å². The fourth-order valence-corrected chi connectivity index (χ4v) is 3.67. The Balaban J connectivity index is 1.68. The van der Waals surface area contributed by atoms with Crippen molar-refractivity contribution in [1.29, 1.82) is 0 Å². The Bertz CT molecular complexity index is 961. The van der Waals surface area contributed by atoms with E-state index in [1.807, 2.05) is 60.7 Å². The van der Waals surface area contributed by atoms with Crippen LogP contribution in [-0.2, 0) is 5.75 Å². The number of rotatable bonds is 5. The van der Waals surface area contributed by atoms with Crippen LogP contribution in [0.1, 0.15) is 5.56 Å². The van der Waals surface area contributed by atoms with Gasteiger partial charge in [-0.15, -0.1) is 0 Å². The third-order valence-corrected chi connectivity index (χ3v) is 5.30. The smallest absolute Gasteiger partial charge is 0.189 e. The van der Waals surface area contributed by atoms with E-state index in [1.165, 1.54) is 5.56 Å². The fourth-order valence-electron chi connectivity index (χ4n) is 2.73. The highest BCUT2D eigenvalue weighted by atomic mass is 35.5. The Kier molecular flexibility index (Phi) is 5.52. The lowest BCUT2D eigenvalue weighted by atomic mass is 10.1. The van der Waals surface area contributed by atoms with Crippen LogP contribution in [0.15, 0.2) is 96.2 Å². The van der Waals surface area contributed by atoms with E-state index in [1.54, 1.807) is 11.8 Å². The van der Waals surface area contributed by atoms with Crippen molar-refractivity contribution in [3.05, 3.63) is 102 Å². The molecule has 0 N–H and O–H groups in total. The molecule has 27 heavy (non-hydrogen) atoms. The number of thioether (sulfide) groups is 1. The molecule has 4 rings (SSSR count). The zero-order chi connectivity index (χ0) is 18.5. The molecule has 1 aromatic heterocycles. The number of nitrogens with zero attached hydrogens (tertiary/aromatic N) is 2. The summed E-state index contributed by atoms with van der Waals surface area (Å²) in [5, 5.41) is 1.52. The second kappa shape index (κ2) is 8.38. The topological polar surface area (TPSA) is 25.8 Å². The van der Waals surface area contributed by atoms with Gasteiger partial charge in [0.05, 0.1) is 11.4 Å². The molecule has 0 aliphatic carbocycles. The first-order valence-corrected chi connectivity index (χ1v) is 10.0. The second-order valence-corrected chi connectivity index (χ2v) is 7.45. The summed E-state index contributed by atoms with van der Waals surface area (Å²) in [5.41, 5.74) is 5.24. The minimum Gasteiger partial charge on any atom is -0.222 e. The van der Waals surface area contributed by atoms with E-state index in [2.05, 4.69) is 30.3 Å². The monoisotopic (exact) mass is 388 g/mol. The van der Waals surface area contributed by atoms with Crippen LogP contribution in [0.25, 0.3) is 22.5 Å². The molecule has 3 aromatic carbocycles. The van der Waals surface area contributed by atoms with Gasteiger partial charge in [-0.2, -0.15) is 0 Å². The first-order valence-electron chi connectivity index (χ1n) is 8.65. The molecule has 4 heteroatoms. The van der Waals surface area contributed by atoms with E-state index in [9.17, 15) is 0 Å². The normalized spacial score (nSPS) is 10.7. The Labute approximate surface area is 168 Å². The summed E-state index contributed by atoms with van der Waals surface area (Å²) >= 11 is 7.61. The minimum absolute atomic E-state index is 0.748. The molecule has 0 spiro atoms. The molecule has 0 amide bonds. The third-order valence-electron chi connectivity index (χ3n) is 4.13. The van der Waals surface area contributed by atoms with Crippen LogP contribution >= 0.6 is 23.4 Å². The SMILES string of the molecule is Clc1ccc(CSc2nc(-c3ccccc3)cc(-c3ccccc3)n2)cc1. The average Bonchev–Trinajstić information content (AvgIpc) is 2.74. The molecular formula is C23H17ClN2S. The van der Waals surface area contributed by atoms with Crippen molar-refractivity contribution < 1.29 is 0 Å². The van der Waals surface area contributed by atoms with Crippen LogP contribution in [-0.4, -0.2) is 9.97 Å². The van der Waals surface area contributed by atoms with E-state index < -0.39 is 0 Å². The predicted molar refractivity (Wildman–Crippen MR) is 114 cm³/mol. The van der Waals surface area contributed by atoms with Gasteiger partial charge in [0, 0.05) is 21.9 Å². The molecule has 0 aliphatic heterocycles. The van der Waals surface area contributed by atoms with Crippen LogP contribution in [0.3, 0.4) is 0 Å². The quantitative estimate of drug-likeness (QED) is 0.279. The summed E-state index contributed by atoms with van der Waals surface area (Å²) in [6.45, 7) is 0. The van der Waals surface area contributed by atoms with Crippen molar-refractivity contribution in [2.24, 2.45) is 0 Å². The summed E-state index contributed by atoms with van der Waals surface area (Å²) in [6.07, 6.45) is 0. The highest BCUT2D eigenvalue weighted by Gasteiger charge is 2.09. The maximum atomic E-state index is 5.97. The van der Waals surface area contributed by atoms with E-state index in [0.29, 0.717) is 0 Å². The molecule has 0 saturated heterocycles. The lowest BCUT2D eigenvalue weighted by Gasteiger charge is -2.09. The molecule has 0 fully saturated rings. The van der Waals surface area contributed by atoms with Crippen molar-refractivity contribution in [2.45, 2.75) is 10.9 Å². The number of hydrogen-bond donors (Lipinski definition) is 0. The van der Waals surface area contributed by atoms with Crippen molar-refractivity contribution in [2.75, 3.05) is 0 Å². The number of hydrogen-bond acceptors (Lipinski definition) is 3. The first kappa shape index (κ1) is 17.8. The lowest BCUT2D eigenvalue weighted by Crippen LogP contribution is -1.95. The highest BCUT2D eigenvalue weighted by molar-refractivity contribution is 7.98. The average molecular weight is 389 g/mol. The predicted octanol–water partition coefficient (Wildman–Crippen LogP) is 6.76. The molecule has 4 aromatic rings. The number of benzene rings is 3. The van der Waals surface area contributed by atoms with Crippen LogP contribution in [0, 0.1) is 0 Å². The number of aromatic nitrogens is 2. The van der Waals surface area contributed by atoms with Gasteiger partial charge in [-0.05, 0) is 23.8 Å². The zero-order valence-corrected chi connectivity index (χ0v) is 16.1. The Morgan fingerprint density at radius 1 is 0.667 bits per heavy atom. The van der Waals surface area contributed by atoms with Crippen molar-refractivity contribution in [3.63, 3.8) is 0 Å². The summed E-state index contributed by atoms with van der Waals surface area (Å²) in [4.78, 5) is 9.58. The van der Waals surface area contributed by atoms with Gasteiger partial charge in [-0.25, -0.2) is 9.97 Å². The minimum atomic E-state index is 0.748. The molecular weight excluding hydrogens is 372 g/mol. The van der Waals surface area contributed by atoms with Gasteiger partial charge >= 0.3 is 0 Å². The summed E-state index contributed by atoms with van der Waals surface area (Å²) in [7, 11) is 0. The van der Waals surface area contributed by atoms with Crippen molar-refractivity contribution in [1.82, 2.24) is 9.97 Å². The lowest BCUT2D eigenvalue weighted by molar-refractivity contribution is 0.978. The zero-order valence-electron chi connectivity index (χ0n) is 14.5. The van der Waals surface area contributed by atoms with Gasteiger partial charge in [0.25, 0.3) is 0 Å². The van der Waals surface area contributed by atoms with E-state index in [0.717, 1.165) is 38.4 Å². The summed E-state index contributed by atoms with van der Waals surface area (Å²) < 4.78 is 0. The molecule has 0 radical (unpaired) electrons. The summed E-state index contributed by atoms with van der Waals surface area (Å²) in [5.74, 6) is 0.795. The molecule has 0 atom stereocenters. The Morgan fingerprint density at radius 3 is 1.70 bits per heavy atom. The van der Waals surface area contributed by atoms with E-state index in [-0.39, 0.29) is 0 Å². The summed E-state index contributed by atoms with van der Waals surface area (Å²) in [6, 6.07) is 30.4. The molecule has 132 valence electrons.